The highest BCUT2D eigenvalue weighted by molar-refractivity contribution is 6.31. The summed E-state index contributed by atoms with van der Waals surface area (Å²) >= 11 is 6.36. The molecule has 0 aromatic carbocycles. The lowest BCUT2D eigenvalue weighted by atomic mass is 10.1. The molecule has 2 aromatic rings. The van der Waals surface area contributed by atoms with Crippen LogP contribution in [0.5, 0.6) is 5.75 Å². The first-order chi connectivity index (χ1) is 17.0. The highest BCUT2D eigenvalue weighted by Crippen LogP contribution is 2.27. The van der Waals surface area contributed by atoms with Crippen molar-refractivity contribution in [1.82, 2.24) is 14.9 Å². The number of aliphatic imine (C=N–C) groups is 1. The van der Waals surface area contributed by atoms with Gasteiger partial charge in [-0.1, -0.05) is 38.1 Å². The monoisotopic (exact) mass is 514 g/mol. The molecular weight excluding hydrogens is 486 g/mol. The Labute approximate surface area is 214 Å². The molecule has 0 aliphatic carbocycles. The number of ether oxygens (including phenoxy) is 1. The van der Waals surface area contributed by atoms with Gasteiger partial charge in [0.1, 0.15) is 35.2 Å². The fraction of sp³-hybridized carbons (Fsp3) is 0.296. The maximum absolute atomic E-state index is 14.1. The number of hydrogen-bond donors (Lipinski definition) is 1. The number of rotatable bonds is 8. The summed E-state index contributed by atoms with van der Waals surface area (Å²) in [4.78, 5) is 22.2. The summed E-state index contributed by atoms with van der Waals surface area (Å²) in [7, 11) is 0. The Morgan fingerprint density at radius 1 is 1.33 bits per heavy atom. The van der Waals surface area contributed by atoms with Gasteiger partial charge < -0.3 is 10.1 Å². The van der Waals surface area contributed by atoms with E-state index in [1.54, 1.807) is 25.4 Å². The molecule has 0 fully saturated rings. The normalized spacial score (nSPS) is 16.1. The van der Waals surface area contributed by atoms with Crippen LogP contribution in [0.15, 0.2) is 70.2 Å². The molecule has 1 atom stereocenters. The summed E-state index contributed by atoms with van der Waals surface area (Å²) in [6, 6.07) is 3.40. The number of allylic oxidation sites excluding steroid dienone is 4. The van der Waals surface area contributed by atoms with Gasteiger partial charge in [0.05, 0.1) is 17.1 Å². The van der Waals surface area contributed by atoms with Gasteiger partial charge in [-0.15, -0.1) is 0 Å². The van der Waals surface area contributed by atoms with E-state index in [4.69, 9.17) is 16.3 Å². The second-order valence-corrected chi connectivity index (χ2v) is 9.11. The Balaban J connectivity index is 1.93. The maximum atomic E-state index is 14.1. The second kappa shape index (κ2) is 11.5. The van der Waals surface area contributed by atoms with Crippen molar-refractivity contribution in [3.63, 3.8) is 0 Å². The van der Waals surface area contributed by atoms with E-state index in [1.807, 2.05) is 19.1 Å². The van der Waals surface area contributed by atoms with E-state index >= 15 is 0 Å². The number of nitrogens with one attached hydrogen (secondary N) is 1. The van der Waals surface area contributed by atoms with Crippen LogP contribution in [0, 0.1) is 19.8 Å². The number of hydrogen-bond acceptors (Lipinski definition) is 5. The van der Waals surface area contributed by atoms with Crippen LogP contribution in [0.1, 0.15) is 37.7 Å². The van der Waals surface area contributed by atoms with Gasteiger partial charge in [-0.25, -0.2) is 8.78 Å². The number of halogens is 3. The highest BCUT2D eigenvalue weighted by Gasteiger charge is 2.20. The van der Waals surface area contributed by atoms with Crippen LogP contribution in [0.2, 0.25) is 5.02 Å². The van der Waals surface area contributed by atoms with Crippen LogP contribution in [0.3, 0.4) is 0 Å². The highest BCUT2D eigenvalue weighted by atomic mass is 35.5. The van der Waals surface area contributed by atoms with Crippen LogP contribution in [0.4, 0.5) is 8.78 Å². The summed E-state index contributed by atoms with van der Waals surface area (Å²) in [6.45, 7) is 12.4. The first kappa shape index (κ1) is 27.1. The van der Waals surface area contributed by atoms with E-state index in [2.05, 4.69) is 35.7 Å². The van der Waals surface area contributed by atoms with Crippen molar-refractivity contribution in [2.24, 2.45) is 10.9 Å². The van der Waals surface area contributed by atoms with Crippen molar-refractivity contribution in [3.8, 4) is 11.4 Å². The molecular formula is C27H29ClF2N4O2. The largest absolute Gasteiger partial charge is 0.487 e. The molecule has 1 aliphatic heterocycles. The molecule has 0 amide bonds. The van der Waals surface area contributed by atoms with Crippen molar-refractivity contribution in [2.45, 2.75) is 40.8 Å². The maximum Gasteiger partial charge on any atom is 0.277 e. The summed E-state index contributed by atoms with van der Waals surface area (Å²) in [5, 5.41) is 3.20. The lowest BCUT2D eigenvalue weighted by molar-refractivity contribution is 0.347. The third kappa shape index (κ3) is 5.99. The predicted octanol–water partition coefficient (Wildman–Crippen LogP) is 6.16. The summed E-state index contributed by atoms with van der Waals surface area (Å²) in [5.74, 6) is -1.23. The molecule has 2 aromatic heterocycles. The fourth-order valence-electron chi connectivity index (χ4n) is 3.48. The minimum atomic E-state index is -0.859. The van der Waals surface area contributed by atoms with Gasteiger partial charge in [-0.3, -0.25) is 19.3 Å². The van der Waals surface area contributed by atoms with Crippen molar-refractivity contribution in [3.05, 3.63) is 92.7 Å². The van der Waals surface area contributed by atoms with Crippen molar-refractivity contribution < 1.29 is 13.5 Å². The third-order valence-electron chi connectivity index (χ3n) is 5.59. The number of aromatic nitrogens is 2. The summed E-state index contributed by atoms with van der Waals surface area (Å²) in [5.41, 5.74) is 2.80. The smallest absolute Gasteiger partial charge is 0.277 e. The molecule has 1 aliphatic rings. The molecule has 0 bridgehead atoms. The first-order valence-electron chi connectivity index (χ1n) is 11.4. The molecule has 0 saturated heterocycles. The Bertz CT molecular complexity index is 1360. The van der Waals surface area contributed by atoms with Crippen LogP contribution < -0.4 is 15.6 Å². The van der Waals surface area contributed by atoms with Crippen LogP contribution in [0.25, 0.3) is 11.4 Å². The summed E-state index contributed by atoms with van der Waals surface area (Å²) in [6.07, 6.45) is 7.04. The lowest BCUT2D eigenvalue weighted by Gasteiger charge is -2.24. The van der Waals surface area contributed by atoms with E-state index < -0.39 is 17.2 Å². The number of aryl methyl sites for hydroxylation is 2. The van der Waals surface area contributed by atoms with E-state index in [-0.39, 0.29) is 35.0 Å². The van der Waals surface area contributed by atoms with Crippen LogP contribution in [-0.4, -0.2) is 28.5 Å². The third-order valence-corrected chi connectivity index (χ3v) is 5.94. The van der Waals surface area contributed by atoms with Gasteiger partial charge in [0.15, 0.2) is 0 Å². The van der Waals surface area contributed by atoms with E-state index in [0.29, 0.717) is 23.2 Å². The molecule has 9 heteroatoms. The molecule has 36 heavy (non-hydrogen) atoms. The lowest BCUT2D eigenvalue weighted by Crippen LogP contribution is -2.33. The van der Waals surface area contributed by atoms with Gasteiger partial charge in [0, 0.05) is 35.8 Å². The molecule has 1 N–H and O–H groups in total. The average Bonchev–Trinajstić information content (AvgIpc) is 2.86. The Hall–Kier alpha value is -3.52. The van der Waals surface area contributed by atoms with Crippen molar-refractivity contribution in [1.29, 1.82) is 0 Å². The van der Waals surface area contributed by atoms with Gasteiger partial charge in [0.25, 0.3) is 5.56 Å². The Morgan fingerprint density at radius 2 is 2.06 bits per heavy atom. The zero-order valence-electron chi connectivity index (χ0n) is 20.9. The standard InChI is InChI=1S/C27H29ClF2N4O2/c1-7-19(29)11-20(30)17(5)14-36-24-10-18(6)34(27(35)25(24)28)23-12-22(32-13-16(23)4)21-8-9-31-26(33-21)15(2)3/h7-13,15,26,33H,5,14H2,1-4,6H3/b19-7+,20-11+. The van der Waals surface area contributed by atoms with Gasteiger partial charge >= 0.3 is 0 Å². The molecule has 3 rings (SSSR count). The molecule has 6 nitrogen and oxygen atoms in total. The van der Waals surface area contributed by atoms with Crippen molar-refractivity contribution in [2.75, 3.05) is 6.61 Å². The van der Waals surface area contributed by atoms with Crippen molar-refractivity contribution >= 4 is 23.5 Å². The Kier molecular flexibility index (Phi) is 8.63. The fourth-order valence-corrected chi connectivity index (χ4v) is 3.67. The first-order valence-corrected chi connectivity index (χ1v) is 11.8. The van der Waals surface area contributed by atoms with Gasteiger partial charge in [-0.2, -0.15) is 0 Å². The topological polar surface area (TPSA) is 68.5 Å². The number of pyridine rings is 2. The molecule has 0 radical (unpaired) electrons. The predicted molar refractivity (Wildman–Crippen MR) is 141 cm³/mol. The molecule has 3 heterocycles. The average molecular weight is 515 g/mol. The summed E-state index contributed by atoms with van der Waals surface area (Å²) < 4.78 is 34.4. The molecule has 0 spiro atoms. The van der Waals surface area contributed by atoms with Gasteiger partial charge in [0.2, 0.25) is 0 Å². The second-order valence-electron chi connectivity index (χ2n) is 8.73. The zero-order chi connectivity index (χ0) is 26.6. The van der Waals surface area contributed by atoms with E-state index in [1.165, 1.54) is 11.5 Å². The molecule has 190 valence electrons. The minimum Gasteiger partial charge on any atom is -0.487 e. The van der Waals surface area contributed by atoms with E-state index in [9.17, 15) is 13.6 Å². The Morgan fingerprint density at radius 3 is 2.72 bits per heavy atom. The van der Waals surface area contributed by atoms with Crippen LogP contribution in [-0.2, 0) is 0 Å². The quantitative estimate of drug-likeness (QED) is 0.428. The SMILES string of the molecule is C=C(COc1cc(C)n(-c2cc(C3=CC=NC(C(C)C)N3)ncc2C)c(=O)c1Cl)/C(F)=C\C(F)=C/C. The zero-order valence-corrected chi connectivity index (χ0v) is 21.7. The van der Waals surface area contributed by atoms with Gasteiger partial charge in [-0.05, 0) is 44.4 Å². The molecule has 0 saturated carbocycles. The van der Waals surface area contributed by atoms with E-state index in [0.717, 1.165) is 17.3 Å². The molecule has 1 unspecified atom stereocenters. The minimum absolute atomic E-state index is 0.0733. The number of nitrogens with zero attached hydrogens (tertiary/aromatic N) is 3. The van der Waals surface area contributed by atoms with Crippen LogP contribution >= 0.6 is 11.6 Å².